The Bertz CT molecular complexity index is 1060. The highest BCUT2D eigenvalue weighted by atomic mass is 16.3. The van der Waals surface area contributed by atoms with Crippen molar-refractivity contribution < 1.29 is 4.42 Å². The number of nitrogens with one attached hydrogen (secondary N) is 1. The second-order valence-electron chi connectivity index (χ2n) is 7.77. The lowest BCUT2D eigenvalue weighted by Crippen LogP contribution is -2.40. The summed E-state index contributed by atoms with van der Waals surface area (Å²) in [4.78, 5) is 2.52. The number of fused-ring (bicyclic) bond motifs is 1. The molecule has 0 unspecified atom stereocenters. The maximum Gasteiger partial charge on any atom is 0.156 e. The highest BCUT2D eigenvalue weighted by molar-refractivity contribution is 5.82. The number of likely N-dealkylation sites (tertiary alicyclic amines) is 1. The number of aromatic nitrogens is 2. The molecule has 0 bridgehead atoms. The molecule has 1 saturated heterocycles. The highest BCUT2D eigenvalue weighted by Gasteiger charge is 2.22. The molecule has 0 aliphatic carbocycles. The highest BCUT2D eigenvalue weighted by Crippen LogP contribution is 2.31. The van der Waals surface area contributed by atoms with Gasteiger partial charge in [0, 0.05) is 29.7 Å². The molecular formula is C24H26N4O. The molecule has 0 atom stereocenters. The van der Waals surface area contributed by atoms with E-state index in [2.05, 4.69) is 47.7 Å². The zero-order valence-electron chi connectivity index (χ0n) is 16.7. The zero-order valence-corrected chi connectivity index (χ0v) is 16.7. The number of nitrogens with zero attached hydrogens (tertiary/aromatic N) is 3. The van der Waals surface area contributed by atoms with Crippen molar-refractivity contribution in [2.75, 3.05) is 20.1 Å². The third-order valence-electron chi connectivity index (χ3n) is 5.86. The molecule has 1 N–H and O–H groups in total. The standard InChI is InChI=1S/C24H26N4O/c1-25-20-11-13-27(14-12-20)16-19-17-28(21-8-3-2-4-9-21)26-24(19)23-15-18-7-5-6-10-22(18)29-23/h2-10,15,17,20,25H,11-14,16H2,1H3. The van der Waals surface area contributed by atoms with Crippen LogP contribution in [-0.4, -0.2) is 40.9 Å². The van der Waals surface area contributed by atoms with Gasteiger partial charge in [0.15, 0.2) is 5.76 Å². The summed E-state index contributed by atoms with van der Waals surface area (Å²) >= 11 is 0. The molecule has 0 spiro atoms. The molecule has 1 aliphatic rings. The minimum Gasteiger partial charge on any atom is -0.454 e. The summed E-state index contributed by atoms with van der Waals surface area (Å²) in [5, 5.41) is 9.44. The SMILES string of the molecule is CNC1CCN(Cc2cn(-c3ccccc3)nc2-c2cc3ccccc3o2)CC1. The Morgan fingerprint density at radius 2 is 1.79 bits per heavy atom. The lowest BCUT2D eigenvalue weighted by atomic mass is 10.0. The molecule has 0 saturated carbocycles. The van der Waals surface area contributed by atoms with E-state index in [0.29, 0.717) is 6.04 Å². The molecule has 1 aliphatic heterocycles. The molecule has 4 aromatic rings. The van der Waals surface area contributed by atoms with Crippen LogP contribution >= 0.6 is 0 Å². The number of para-hydroxylation sites is 2. The number of hydrogen-bond acceptors (Lipinski definition) is 4. The molecular weight excluding hydrogens is 360 g/mol. The second kappa shape index (κ2) is 7.85. The Morgan fingerprint density at radius 1 is 1.03 bits per heavy atom. The van der Waals surface area contributed by atoms with Gasteiger partial charge >= 0.3 is 0 Å². The summed E-state index contributed by atoms with van der Waals surface area (Å²) in [6.07, 6.45) is 4.52. The van der Waals surface area contributed by atoms with Gasteiger partial charge in [0.1, 0.15) is 11.3 Å². The first-order valence-electron chi connectivity index (χ1n) is 10.3. The minimum absolute atomic E-state index is 0.633. The number of furan rings is 1. The van der Waals surface area contributed by atoms with Crippen LogP contribution in [0.2, 0.25) is 0 Å². The van der Waals surface area contributed by atoms with Gasteiger partial charge in [-0.3, -0.25) is 4.90 Å². The van der Waals surface area contributed by atoms with Crippen LogP contribution in [0.15, 0.2) is 71.3 Å². The number of hydrogen-bond donors (Lipinski definition) is 1. The normalized spacial score (nSPS) is 15.9. The van der Waals surface area contributed by atoms with E-state index in [0.717, 1.165) is 47.7 Å². The van der Waals surface area contributed by atoms with E-state index in [1.165, 1.54) is 18.4 Å². The maximum absolute atomic E-state index is 6.16. The first-order chi connectivity index (χ1) is 14.3. The first kappa shape index (κ1) is 18.2. The Kier molecular flexibility index (Phi) is 4.92. The molecule has 1 fully saturated rings. The molecule has 5 rings (SSSR count). The maximum atomic E-state index is 6.16. The Morgan fingerprint density at radius 3 is 2.55 bits per heavy atom. The molecule has 0 radical (unpaired) electrons. The smallest absolute Gasteiger partial charge is 0.156 e. The second-order valence-corrected chi connectivity index (χ2v) is 7.77. The summed E-state index contributed by atoms with van der Waals surface area (Å²) < 4.78 is 8.13. The van der Waals surface area contributed by atoms with E-state index in [-0.39, 0.29) is 0 Å². The molecule has 5 nitrogen and oxygen atoms in total. The quantitative estimate of drug-likeness (QED) is 0.550. The molecule has 2 aromatic heterocycles. The van der Waals surface area contributed by atoms with E-state index in [4.69, 9.17) is 9.52 Å². The molecule has 2 aromatic carbocycles. The number of benzene rings is 2. The van der Waals surface area contributed by atoms with E-state index in [1.807, 2.05) is 41.1 Å². The third kappa shape index (κ3) is 3.71. The van der Waals surface area contributed by atoms with Gasteiger partial charge in [-0.25, -0.2) is 4.68 Å². The number of piperidine rings is 1. The zero-order chi connectivity index (χ0) is 19.6. The molecule has 5 heteroatoms. The van der Waals surface area contributed by atoms with Gasteiger partial charge in [0.25, 0.3) is 0 Å². The van der Waals surface area contributed by atoms with Crippen molar-refractivity contribution in [1.29, 1.82) is 0 Å². The summed E-state index contributed by atoms with van der Waals surface area (Å²) in [7, 11) is 2.06. The Labute approximate surface area is 170 Å². The van der Waals surface area contributed by atoms with Gasteiger partial charge < -0.3 is 9.73 Å². The van der Waals surface area contributed by atoms with Crippen LogP contribution in [0.1, 0.15) is 18.4 Å². The minimum atomic E-state index is 0.633. The summed E-state index contributed by atoms with van der Waals surface area (Å²) in [6, 6.07) is 21.1. The number of rotatable bonds is 5. The predicted octanol–water partition coefficient (Wildman–Crippen LogP) is 4.47. The Hall–Kier alpha value is -2.89. The molecule has 29 heavy (non-hydrogen) atoms. The van der Waals surface area contributed by atoms with Crippen molar-refractivity contribution in [3.8, 4) is 17.1 Å². The van der Waals surface area contributed by atoms with Crippen molar-refractivity contribution in [3.05, 3.63) is 72.4 Å². The summed E-state index contributed by atoms with van der Waals surface area (Å²) in [5.74, 6) is 0.834. The molecule has 0 amide bonds. The van der Waals surface area contributed by atoms with Crippen LogP contribution in [-0.2, 0) is 6.54 Å². The average molecular weight is 386 g/mol. The van der Waals surface area contributed by atoms with Crippen LogP contribution in [0, 0.1) is 0 Å². The molecule has 148 valence electrons. The van der Waals surface area contributed by atoms with Gasteiger partial charge in [0.05, 0.1) is 5.69 Å². The van der Waals surface area contributed by atoms with Crippen LogP contribution in [0.3, 0.4) is 0 Å². The third-order valence-corrected chi connectivity index (χ3v) is 5.86. The van der Waals surface area contributed by atoms with Crippen LogP contribution in [0.5, 0.6) is 0 Å². The van der Waals surface area contributed by atoms with Crippen molar-refractivity contribution in [1.82, 2.24) is 20.0 Å². The average Bonchev–Trinajstić information content (AvgIpc) is 3.39. The predicted molar refractivity (Wildman–Crippen MR) is 116 cm³/mol. The van der Waals surface area contributed by atoms with Gasteiger partial charge in [-0.05, 0) is 57.2 Å². The fourth-order valence-electron chi connectivity index (χ4n) is 4.17. The van der Waals surface area contributed by atoms with Gasteiger partial charge in [-0.2, -0.15) is 5.10 Å². The fraction of sp³-hybridized carbons (Fsp3) is 0.292. The van der Waals surface area contributed by atoms with E-state index in [9.17, 15) is 0 Å². The van der Waals surface area contributed by atoms with Gasteiger partial charge in [-0.1, -0.05) is 36.4 Å². The fourth-order valence-corrected chi connectivity index (χ4v) is 4.17. The summed E-state index contributed by atoms with van der Waals surface area (Å²) in [6.45, 7) is 3.08. The summed E-state index contributed by atoms with van der Waals surface area (Å²) in [5.41, 5.74) is 4.10. The first-order valence-corrected chi connectivity index (χ1v) is 10.3. The van der Waals surface area contributed by atoms with Crippen molar-refractivity contribution in [2.45, 2.75) is 25.4 Å². The van der Waals surface area contributed by atoms with Crippen LogP contribution < -0.4 is 5.32 Å². The van der Waals surface area contributed by atoms with E-state index >= 15 is 0 Å². The van der Waals surface area contributed by atoms with Crippen LogP contribution in [0.4, 0.5) is 0 Å². The van der Waals surface area contributed by atoms with Gasteiger partial charge in [-0.15, -0.1) is 0 Å². The van der Waals surface area contributed by atoms with Crippen molar-refractivity contribution in [3.63, 3.8) is 0 Å². The largest absolute Gasteiger partial charge is 0.454 e. The van der Waals surface area contributed by atoms with Crippen molar-refractivity contribution >= 4 is 11.0 Å². The topological polar surface area (TPSA) is 46.2 Å². The van der Waals surface area contributed by atoms with Crippen molar-refractivity contribution in [2.24, 2.45) is 0 Å². The van der Waals surface area contributed by atoms with Crippen LogP contribution in [0.25, 0.3) is 28.1 Å². The molecule has 3 heterocycles. The lowest BCUT2D eigenvalue weighted by Gasteiger charge is -2.31. The van der Waals surface area contributed by atoms with Gasteiger partial charge in [0.2, 0.25) is 0 Å². The monoisotopic (exact) mass is 386 g/mol. The van der Waals surface area contributed by atoms with E-state index < -0.39 is 0 Å². The lowest BCUT2D eigenvalue weighted by molar-refractivity contribution is 0.194. The van der Waals surface area contributed by atoms with E-state index in [1.54, 1.807) is 0 Å². The Balaban J connectivity index is 1.51.